The van der Waals surface area contributed by atoms with E-state index in [0.29, 0.717) is 0 Å². The Morgan fingerprint density at radius 3 is 1.54 bits per heavy atom. The molecule has 0 amide bonds. The summed E-state index contributed by atoms with van der Waals surface area (Å²) in [7, 11) is 0. The Morgan fingerprint density at radius 2 is 0.820 bits per heavy atom. The van der Waals surface area contributed by atoms with Crippen LogP contribution in [0.3, 0.4) is 0 Å². The molecule has 0 N–H and O–H groups in total. The molecule has 2 nitrogen and oxygen atoms in total. The maximum atomic E-state index is 6.71. The van der Waals surface area contributed by atoms with Gasteiger partial charge in [-0.05, 0) is 69.3 Å². The van der Waals surface area contributed by atoms with E-state index < -0.39 is 0 Å². The molecule has 0 fully saturated rings. The topological polar surface area (TPSA) is 16.4 Å². The zero-order valence-corrected chi connectivity index (χ0v) is 27.4. The molecule has 0 bridgehead atoms. The van der Waals surface area contributed by atoms with Gasteiger partial charge in [0.2, 0.25) is 0 Å². The highest BCUT2D eigenvalue weighted by atomic mass is 16.3. The fourth-order valence-electron chi connectivity index (χ4n) is 7.19. The lowest BCUT2D eigenvalue weighted by molar-refractivity contribution is 0.669. The van der Waals surface area contributed by atoms with Crippen LogP contribution in [0.2, 0.25) is 0 Å². The predicted molar refractivity (Wildman–Crippen MR) is 210 cm³/mol. The summed E-state index contributed by atoms with van der Waals surface area (Å²) in [4.78, 5) is 2.38. The first-order valence-corrected chi connectivity index (χ1v) is 17.0. The lowest BCUT2D eigenvalue weighted by atomic mass is 9.87. The Hall–Kier alpha value is -6.64. The van der Waals surface area contributed by atoms with Crippen LogP contribution in [0.5, 0.6) is 0 Å². The number of hydrogen-bond donors (Lipinski definition) is 0. The van der Waals surface area contributed by atoms with Crippen LogP contribution >= 0.6 is 0 Å². The summed E-state index contributed by atoms with van der Waals surface area (Å²) >= 11 is 0. The second kappa shape index (κ2) is 12.8. The van der Waals surface area contributed by atoms with Gasteiger partial charge in [-0.1, -0.05) is 170 Å². The van der Waals surface area contributed by atoms with Crippen molar-refractivity contribution in [2.45, 2.75) is 0 Å². The maximum absolute atomic E-state index is 6.71. The van der Waals surface area contributed by atoms with Crippen molar-refractivity contribution in [2.75, 3.05) is 4.90 Å². The molecule has 0 unspecified atom stereocenters. The van der Waals surface area contributed by atoms with Crippen LogP contribution in [0.4, 0.5) is 17.1 Å². The highest BCUT2D eigenvalue weighted by Gasteiger charge is 2.25. The van der Waals surface area contributed by atoms with Gasteiger partial charge in [-0.3, -0.25) is 0 Å². The van der Waals surface area contributed by atoms with Crippen LogP contribution in [-0.4, -0.2) is 0 Å². The summed E-state index contributed by atoms with van der Waals surface area (Å²) in [5.41, 5.74) is 14.2. The minimum absolute atomic E-state index is 0.855. The van der Waals surface area contributed by atoms with Crippen LogP contribution in [-0.2, 0) is 0 Å². The van der Waals surface area contributed by atoms with Gasteiger partial charge in [0, 0.05) is 22.0 Å². The van der Waals surface area contributed by atoms with Crippen molar-refractivity contribution in [1.29, 1.82) is 0 Å². The standard InChI is InChI=1S/C48H33NO/c1-4-16-34(17-5-1)35-30-32-38(33-31-35)49(45-28-15-26-43-41-23-12-13-29-46(41)50-48(43)45)44-27-14-25-40(37-20-8-3-9-21-37)47(44)42-24-11-10-22-39(42)36-18-6-2-7-19-36/h1-33H. The highest BCUT2D eigenvalue weighted by Crippen LogP contribution is 2.50. The van der Waals surface area contributed by atoms with E-state index in [1.807, 2.05) is 6.07 Å². The lowest BCUT2D eigenvalue weighted by Gasteiger charge is -2.30. The lowest BCUT2D eigenvalue weighted by Crippen LogP contribution is -2.12. The highest BCUT2D eigenvalue weighted by molar-refractivity contribution is 6.11. The van der Waals surface area contributed by atoms with Gasteiger partial charge in [0.05, 0.1) is 11.4 Å². The van der Waals surface area contributed by atoms with Crippen LogP contribution in [0.25, 0.3) is 66.4 Å². The largest absolute Gasteiger partial charge is 0.454 e. The van der Waals surface area contributed by atoms with E-state index >= 15 is 0 Å². The van der Waals surface area contributed by atoms with E-state index in [1.165, 1.54) is 22.3 Å². The molecule has 50 heavy (non-hydrogen) atoms. The van der Waals surface area contributed by atoms with Crippen molar-refractivity contribution >= 4 is 39.0 Å². The molecule has 0 saturated heterocycles. The summed E-state index contributed by atoms with van der Waals surface area (Å²) in [6.45, 7) is 0. The minimum atomic E-state index is 0.855. The molecule has 9 aromatic rings. The zero-order valence-electron chi connectivity index (χ0n) is 27.4. The van der Waals surface area contributed by atoms with E-state index in [0.717, 1.165) is 61.3 Å². The number of fused-ring (bicyclic) bond motifs is 3. The van der Waals surface area contributed by atoms with Crippen LogP contribution < -0.4 is 4.90 Å². The molecule has 0 aliphatic heterocycles. The summed E-state index contributed by atoms with van der Waals surface area (Å²) in [6, 6.07) is 71.0. The summed E-state index contributed by atoms with van der Waals surface area (Å²) in [5.74, 6) is 0. The molecule has 2 heteroatoms. The van der Waals surface area contributed by atoms with Crippen LogP contribution in [0, 0.1) is 0 Å². The molecule has 0 aliphatic rings. The molecule has 1 heterocycles. The molecule has 1 aromatic heterocycles. The first-order valence-electron chi connectivity index (χ1n) is 17.0. The third-order valence-electron chi connectivity index (χ3n) is 9.51. The Labute approximate surface area is 292 Å². The Morgan fingerprint density at radius 1 is 0.320 bits per heavy atom. The Bertz CT molecular complexity index is 2570. The van der Waals surface area contributed by atoms with E-state index in [9.17, 15) is 0 Å². The number of benzene rings is 8. The molecule has 8 aromatic carbocycles. The number of anilines is 3. The summed E-state index contributed by atoms with van der Waals surface area (Å²) in [6.07, 6.45) is 0. The first kappa shape index (κ1) is 29.5. The fraction of sp³-hybridized carbons (Fsp3) is 0. The van der Waals surface area contributed by atoms with Gasteiger partial charge >= 0.3 is 0 Å². The number of nitrogens with zero attached hydrogens (tertiary/aromatic N) is 1. The van der Waals surface area contributed by atoms with Crippen LogP contribution in [0.1, 0.15) is 0 Å². The summed E-state index contributed by atoms with van der Waals surface area (Å²) < 4.78 is 6.71. The van der Waals surface area contributed by atoms with Gasteiger partial charge in [-0.15, -0.1) is 0 Å². The van der Waals surface area contributed by atoms with E-state index in [2.05, 4.69) is 199 Å². The van der Waals surface area contributed by atoms with Gasteiger partial charge < -0.3 is 9.32 Å². The third-order valence-corrected chi connectivity index (χ3v) is 9.51. The first-order chi connectivity index (χ1) is 24.8. The van der Waals surface area contributed by atoms with Crippen molar-refractivity contribution in [3.8, 4) is 44.5 Å². The van der Waals surface area contributed by atoms with Crippen molar-refractivity contribution < 1.29 is 4.42 Å². The summed E-state index contributed by atoms with van der Waals surface area (Å²) in [5, 5.41) is 2.20. The Kier molecular flexibility index (Phi) is 7.53. The van der Waals surface area contributed by atoms with E-state index in [-0.39, 0.29) is 0 Å². The second-order valence-corrected chi connectivity index (χ2v) is 12.5. The fourth-order valence-corrected chi connectivity index (χ4v) is 7.19. The monoisotopic (exact) mass is 639 g/mol. The molecule has 9 rings (SSSR count). The normalized spacial score (nSPS) is 11.2. The molecule has 0 atom stereocenters. The molecular formula is C48H33NO. The molecule has 0 spiro atoms. The average molecular weight is 640 g/mol. The number of hydrogen-bond acceptors (Lipinski definition) is 2. The average Bonchev–Trinajstić information content (AvgIpc) is 3.59. The van der Waals surface area contributed by atoms with Gasteiger partial charge in [0.15, 0.2) is 5.58 Å². The predicted octanol–water partition coefficient (Wildman–Crippen LogP) is 13.7. The van der Waals surface area contributed by atoms with Crippen molar-refractivity contribution in [3.05, 3.63) is 200 Å². The quantitative estimate of drug-likeness (QED) is 0.173. The van der Waals surface area contributed by atoms with Gasteiger partial charge in [-0.25, -0.2) is 0 Å². The maximum Gasteiger partial charge on any atom is 0.159 e. The van der Waals surface area contributed by atoms with Crippen molar-refractivity contribution in [1.82, 2.24) is 0 Å². The zero-order chi connectivity index (χ0) is 33.3. The van der Waals surface area contributed by atoms with E-state index in [1.54, 1.807) is 0 Å². The van der Waals surface area contributed by atoms with Gasteiger partial charge in [0.25, 0.3) is 0 Å². The van der Waals surface area contributed by atoms with Crippen molar-refractivity contribution in [2.24, 2.45) is 0 Å². The Balaban J connectivity index is 1.36. The number of furan rings is 1. The van der Waals surface area contributed by atoms with Gasteiger partial charge in [0.1, 0.15) is 5.58 Å². The molecule has 236 valence electrons. The molecular weight excluding hydrogens is 607 g/mol. The molecule has 0 radical (unpaired) electrons. The molecule has 0 saturated carbocycles. The number of para-hydroxylation sites is 2. The van der Waals surface area contributed by atoms with Gasteiger partial charge in [-0.2, -0.15) is 0 Å². The third kappa shape index (κ3) is 5.24. The van der Waals surface area contributed by atoms with Crippen molar-refractivity contribution in [3.63, 3.8) is 0 Å². The van der Waals surface area contributed by atoms with E-state index in [4.69, 9.17) is 4.42 Å². The molecule has 0 aliphatic carbocycles. The SMILES string of the molecule is c1ccc(-c2ccc(N(c3cccc(-c4ccccc4)c3-c3ccccc3-c3ccccc3)c3cccc4c3oc3ccccc34)cc2)cc1. The second-order valence-electron chi connectivity index (χ2n) is 12.5. The van der Waals surface area contributed by atoms with Crippen LogP contribution in [0.15, 0.2) is 205 Å². The minimum Gasteiger partial charge on any atom is -0.454 e. The number of rotatable bonds is 7. The smallest absolute Gasteiger partial charge is 0.159 e.